The van der Waals surface area contributed by atoms with E-state index < -0.39 is 9.84 Å². The highest BCUT2D eigenvalue weighted by Crippen LogP contribution is 2.21. The molecule has 1 unspecified atom stereocenters. The Kier molecular flexibility index (Phi) is 5.45. The highest BCUT2D eigenvalue weighted by atomic mass is 32.2. The Morgan fingerprint density at radius 2 is 2.24 bits per heavy atom. The fourth-order valence-electron chi connectivity index (χ4n) is 3.30. The van der Waals surface area contributed by atoms with E-state index in [1.807, 2.05) is 23.6 Å². The molecule has 1 atom stereocenters. The highest BCUT2D eigenvalue weighted by molar-refractivity contribution is 7.91. The molecule has 3 heterocycles. The van der Waals surface area contributed by atoms with Gasteiger partial charge in [-0.1, -0.05) is 6.92 Å². The van der Waals surface area contributed by atoms with Gasteiger partial charge in [-0.25, -0.2) is 13.1 Å². The van der Waals surface area contributed by atoms with Gasteiger partial charge < -0.3 is 4.42 Å². The van der Waals surface area contributed by atoms with Crippen LogP contribution >= 0.6 is 12.2 Å². The topological polar surface area (TPSA) is 73.3 Å². The SMILES string of the molecule is CCCN(Cn1nc(-c2ccco2)n(CC)c1=S)C1CCS(=O)(=O)C1. The van der Waals surface area contributed by atoms with Gasteiger partial charge in [-0.05, 0) is 50.7 Å². The summed E-state index contributed by atoms with van der Waals surface area (Å²) in [5, 5.41) is 4.64. The Morgan fingerprint density at radius 1 is 1.44 bits per heavy atom. The van der Waals surface area contributed by atoms with E-state index in [2.05, 4.69) is 16.9 Å². The van der Waals surface area contributed by atoms with Crippen LogP contribution in [0.15, 0.2) is 22.8 Å². The Bertz CT molecular complexity index is 868. The zero-order chi connectivity index (χ0) is 18.0. The van der Waals surface area contributed by atoms with Crippen molar-refractivity contribution < 1.29 is 12.8 Å². The standard InChI is InChI=1S/C16H24N4O3S2/c1-3-8-18(13-7-10-25(21,22)11-13)12-20-16(24)19(4-2)15(17-20)14-6-5-9-23-14/h5-6,9,13H,3-4,7-8,10-12H2,1-2H3. The molecule has 0 spiro atoms. The maximum absolute atomic E-state index is 11.8. The van der Waals surface area contributed by atoms with Crippen molar-refractivity contribution in [2.45, 2.75) is 45.9 Å². The first-order valence-electron chi connectivity index (χ1n) is 8.61. The molecule has 0 bridgehead atoms. The zero-order valence-electron chi connectivity index (χ0n) is 14.6. The molecule has 9 heteroatoms. The minimum atomic E-state index is -2.92. The summed E-state index contributed by atoms with van der Waals surface area (Å²) >= 11 is 5.59. The lowest BCUT2D eigenvalue weighted by Crippen LogP contribution is -2.38. The highest BCUT2D eigenvalue weighted by Gasteiger charge is 2.32. The van der Waals surface area contributed by atoms with Crippen LogP contribution in [0.25, 0.3) is 11.6 Å². The molecule has 7 nitrogen and oxygen atoms in total. The molecule has 3 rings (SSSR count). The molecule has 0 N–H and O–H groups in total. The van der Waals surface area contributed by atoms with E-state index in [1.54, 1.807) is 10.9 Å². The summed E-state index contributed by atoms with van der Waals surface area (Å²) in [4.78, 5) is 2.18. The van der Waals surface area contributed by atoms with Crippen LogP contribution in [0.1, 0.15) is 26.7 Å². The molecule has 0 radical (unpaired) electrons. The number of hydrogen-bond acceptors (Lipinski definition) is 6. The monoisotopic (exact) mass is 384 g/mol. The van der Waals surface area contributed by atoms with E-state index in [1.165, 1.54) is 0 Å². The number of sulfone groups is 1. The second-order valence-electron chi connectivity index (χ2n) is 6.34. The van der Waals surface area contributed by atoms with Crippen molar-refractivity contribution in [2.24, 2.45) is 0 Å². The fraction of sp³-hybridized carbons (Fsp3) is 0.625. The van der Waals surface area contributed by atoms with Gasteiger partial charge in [0.25, 0.3) is 0 Å². The first kappa shape index (κ1) is 18.3. The van der Waals surface area contributed by atoms with Gasteiger partial charge in [-0.15, -0.1) is 5.10 Å². The van der Waals surface area contributed by atoms with Crippen LogP contribution in [0.5, 0.6) is 0 Å². The van der Waals surface area contributed by atoms with Gasteiger partial charge in [0.1, 0.15) is 0 Å². The third-order valence-electron chi connectivity index (χ3n) is 4.53. The molecule has 0 saturated carbocycles. The molecule has 0 aliphatic carbocycles. The van der Waals surface area contributed by atoms with Gasteiger partial charge in [0.2, 0.25) is 0 Å². The minimum Gasteiger partial charge on any atom is -0.461 e. The molecule has 0 aromatic carbocycles. The van der Waals surface area contributed by atoms with Crippen LogP contribution in [0.3, 0.4) is 0 Å². The van der Waals surface area contributed by atoms with Gasteiger partial charge in [0, 0.05) is 12.6 Å². The van der Waals surface area contributed by atoms with Crippen molar-refractivity contribution in [3.05, 3.63) is 23.2 Å². The predicted octanol–water partition coefficient (Wildman–Crippen LogP) is 2.55. The summed E-state index contributed by atoms with van der Waals surface area (Å²) in [6, 6.07) is 3.72. The minimum absolute atomic E-state index is 0.0330. The van der Waals surface area contributed by atoms with E-state index >= 15 is 0 Å². The molecule has 138 valence electrons. The molecular formula is C16H24N4O3S2. The summed E-state index contributed by atoms with van der Waals surface area (Å²) in [5.74, 6) is 1.87. The van der Waals surface area contributed by atoms with Crippen molar-refractivity contribution in [1.82, 2.24) is 19.2 Å². The molecule has 1 aliphatic heterocycles. The summed E-state index contributed by atoms with van der Waals surface area (Å²) in [5.41, 5.74) is 0. The molecule has 2 aromatic heterocycles. The Balaban J connectivity index is 1.89. The van der Waals surface area contributed by atoms with Crippen molar-refractivity contribution >= 4 is 22.1 Å². The maximum atomic E-state index is 11.8. The average Bonchev–Trinajstić information content (AvgIpc) is 3.27. The summed E-state index contributed by atoms with van der Waals surface area (Å²) in [6.45, 7) is 6.11. The summed E-state index contributed by atoms with van der Waals surface area (Å²) < 4.78 is 33.5. The van der Waals surface area contributed by atoms with Gasteiger partial charge >= 0.3 is 0 Å². The van der Waals surface area contributed by atoms with E-state index in [9.17, 15) is 8.42 Å². The number of hydrogen-bond donors (Lipinski definition) is 0. The number of nitrogens with zero attached hydrogens (tertiary/aromatic N) is 4. The largest absolute Gasteiger partial charge is 0.461 e. The van der Waals surface area contributed by atoms with Crippen LogP contribution in [-0.2, 0) is 23.1 Å². The maximum Gasteiger partial charge on any atom is 0.199 e. The molecular weight excluding hydrogens is 360 g/mol. The quantitative estimate of drug-likeness (QED) is 0.683. The Labute approximate surface area is 153 Å². The van der Waals surface area contributed by atoms with Gasteiger partial charge in [-0.3, -0.25) is 9.47 Å². The number of aromatic nitrogens is 3. The van der Waals surface area contributed by atoms with Crippen molar-refractivity contribution in [3.8, 4) is 11.6 Å². The summed E-state index contributed by atoms with van der Waals surface area (Å²) in [6.07, 6.45) is 3.24. The molecule has 1 aliphatic rings. The first-order chi connectivity index (χ1) is 11.9. The molecule has 1 saturated heterocycles. The summed E-state index contributed by atoms with van der Waals surface area (Å²) in [7, 11) is -2.92. The van der Waals surface area contributed by atoms with Crippen LogP contribution in [0, 0.1) is 4.77 Å². The Morgan fingerprint density at radius 3 is 2.80 bits per heavy atom. The van der Waals surface area contributed by atoms with E-state index in [0.717, 1.165) is 13.0 Å². The van der Waals surface area contributed by atoms with Gasteiger partial charge in [0.05, 0.1) is 24.4 Å². The normalized spacial score (nSPS) is 19.7. The lowest BCUT2D eigenvalue weighted by Gasteiger charge is -2.27. The van der Waals surface area contributed by atoms with E-state index in [0.29, 0.717) is 36.0 Å². The molecule has 2 aromatic rings. The zero-order valence-corrected chi connectivity index (χ0v) is 16.2. The van der Waals surface area contributed by atoms with E-state index in [-0.39, 0.29) is 17.5 Å². The van der Waals surface area contributed by atoms with Gasteiger partial charge in [0.15, 0.2) is 26.2 Å². The van der Waals surface area contributed by atoms with Crippen molar-refractivity contribution in [3.63, 3.8) is 0 Å². The number of rotatable bonds is 7. The third kappa shape index (κ3) is 3.88. The average molecular weight is 385 g/mol. The number of furan rings is 1. The predicted molar refractivity (Wildman–Crippen MR) is 98.5 cm³/mol. The molecule has 25 heavy (non-hydrogen) atoms. The second kappa shape index (κ2) is 7.43. The van der Waals surface area contributed by atoms with Crippen molar-refractivity contribution in [2.75, 3.05) is 18.1 Å². The Hall–Kier alpha value is -1.45. The second-order valence-corrected chi connectivity index (χ2v) is 8.93. The van der Waals surface area contributed by atoms with Crippen LogP contribution < -0.4 is 0 Å². The lowest BCUT2D eigenvalue weighted by molar-refractivity contribution is 0.155. The molecule has 0 amide bonds. The lowest BCUT2D eigenvalue weighted by atomic mass is 10.2. The van der Waals surface area contributed by atoms with Crippen LogP contribution in [-0.4, -0.2) is 51.8 Å². The fourth-order valence-corrected chi connectivity index (χ4v) is 5.37. The third-order valence-corrected chi connectivity index (χ3v) is 6.71. The van der Waals surface area contributed by atoms with E-state index in [4.69, 9.17) is 16.6 Å². The van der Waals surface area contributed by atoms with Crippen LogP contribution in [0.2, 0.25) is 0 Å². The smallest absolute Gasteiger partial charge is 0.199 e. The first-order valence-corrected chi connectivity index (χ1v) is 10.8. The van der Waals surface area contributed by atoms with Crippen LogP contribution in [0.4, 0.5) is 0 Å². The molecule has 1 fully saturated rings. The van der Waals surface area contributed by atoms with Gasteiger partial charge in [-0.2, -0.15) is 0 Å². The van der Waals surface area contributed by atoms with Crippen molar-refractivity contribution in [1.29, 1.82) is 0 Å².